The normalized spacial score (nSPS) is 17.2. The van der Waals surface area contributed by atoms with Crippen LogP contribution in [-0.4, -0.2) is 38.9 Å². The lowest BCUT2D eigenvalue weighted by atomic mass is 9.94. The van der Waals surface area contributed by atoms with Crippen LogP contribution in [0.2, 0.25) is 0 Å². The maximum atomic E-state index is 12.2. The van der Waals surface area contributed by atoms with Gasteiger partial charge in [-0.2, -0.15) is 13.7 Å². The lowest BCUT2D eigenvalue weighted by molar-refractivity contribution is 0.192. The molecule has 1 fully saturated rings. The third-order valence-electron chi connectivity index (χ3n) is 5.34. The Morgan fingerprint density at radius 1 is 1.23 bits per heavy atom. The fourth-order valence-corrected chi connectivity index (χ4v) is 4.95. The molecule has 1 unspecified atom stereocenters. The number of anilines is 1. The Morgan fingerprint density at radius 2 is 1.94 bits per heavy atom. The molecule has 166 valence electrons. The molecule has 1 aliphatic heterocycles. The summed E-state index contributed by atoms with van der Waals surface area (Å²) in [7, 11) is -3.94. The summed E-state index contributed by atoms with van der Waals surface area (Å²) in [6.45, 7) is 6.86. The molecule has 1 aliphatic rings. The van der Waals surface area contributed by atoms with Gasteiger partial charge in [-0.15, -0.1) is 0 Å². The van der Waals surface area contributed by atoms with Crippen LogP contribution in [0, 0.1) is 17.2 Å². The van der Waals surface area contributed by atoms with Gasteiger partial charge in [0.2, 0.25) is 0 Å². The average molecular weight is 444 g/mol. The fraction of sp³-hybridized carbons (Fsp3) is 0.478. The Morgan fingerprint density at radius 3 is 2.61 bits per heavy atom. The number of piperidine rings is 1. The largest absolute Gasteiger partial charge is 0.423 e. The number of fused-ring (bicyclic) bond motifs is 1. The molecule has 31 heavy (non-hydrogen) atoms. The van der Waals surface area contributed by atoms with Crippen molar-refractivity contribution in [1.82, 2.24) is 5.32 Å². The highest BCUT2D eigenvalue weighted by molar-refractivity contribution is 7.87. The molecule has 1 atom stereocenters. The molecule has 0 spiro atoms. The lowest BCUT2D eigenvalue weighted by Crippen LogP contribution is -2.42. The summed E-state index contributed by atoms with van der Waals surface area (Å²) >= 11 is 0. The van der Waals surface area contributed by atoms with Gasteiger partial charge in [0.1, 0.15) is 0 Å². The van der Waals surface area contributed by atoms with Gasteiger partial charge < -0.3 is 14.4 Å². The van der Waals surface area contributed by atoms with Crippen LogP contribution in [-0.2, 0) is 14.3 Å². The van der Waals surface area contributed by atoms with E-state index >= 15 is 0 Å². The van der Waals surface area contributed by atoms with Gasteiger partial charge in [0.05, 0.1) is 17.4 Å². The number of carbonyl (C=O) groups excluding carboxylic acids is 1. The molecule has 1 N–H and O–H groups in total. The quantitative estimate of drug-likeness (QED) is 0.696. The summed E-state index contributed by atoms with van der Waals surface area (Å²) in [5.74, 6) is -0.0239. The molecular formula is C23H29N3O4S. The van der Waals surface area contributed by atoms with E-state index in [1.807, 2.05) is 36.4 Å². The molecule has 0 saturated carbocycles. The summed E-state index contributed by atoms with van der Waals surface area (Å²) < 4.78 is 29.2. The Labute approximate surface area is 184 Å². The Balaban J connectivity index is 1.66. The monoisotopic (exact) mass is 443 g/mol. The molecule has 1 saturated heterocycles. The van der Waals surface area contributed by atoms with Gasteiger partial charge in [-0.1, -0.05) is 24.3 Å². The topological polar surface area (TPSA) is 99.5 Å². The van der Waals surface area contributed by atoms with Crippen LogP contribution >= 0.6 is 0 Å². The summed E-state index contributed by atoms with van der Waals surface area (Å²) in [4.78, 5) is 14.1. The summed E-state index contributed by atoms with van der Waals surface area (Å²) in [6, 6.07) is 13.9. The van der Waals surface area contributed by atoms with E-state index in [2.05, 4.69) is 20.5 Å². The predicted molar refractivity (Wildman–Crippen MR) is 121 cm³/mol. The van der Waals surface area contributed by atoms with Gasteiger partial charge in [-0.25, -0.2) is 4.79 Å². The Hall–Kier alpha value is -2.79. The van der Waals surface area contributed by atoms with E-state index in [4.69, 9.17) is 0 Å². The number of nitrogens with zero attached hydrogens (tertiary/aromatic N) is 2. The minimum absolute atomic E-state index is 0.173. The maximum Gasteiger partial charge on any atom is 0.423 e. The van der Waals surface area contributed by atoms with Gasteiger partial charge in [-0.3, -0.25) is 0 Å². The number of nitriles is 1. The van der Waals surface area contributed by atoms with Crippen molar-refractivity contribution in [3.63, 3.8) is 0 Å². The van der Waals surface area contributed by atoms with Gasteiger partial charge in [0.15, 0.2) is 0 Å². The molecule has 0 aliphatic carbocycles. The standard InChI is InChI=1S/C23H29N3O4S/c1-23(2,3)25-22(27)30-31(28,29)14-12-17-7-6-13-26(16-17)21-11-10-18(15-24)19-8-4-5-9-20(19)21/h4-5,8-11,17H,6-7,12-14,16H2,1-3H3,(H,25,27). The van der Waals surface area contributed by atoms with Gasteiger partial charge in [-0.05, 0) is 58.1 Å². The number of carbonyl (C=O) groups is 1. The highest BCUT2D eigenvalue weighted by atomic mass is 32.2. The van der Waals surface area contributed by atoms with E-state index in [0.29, 0.717) is 12.0 Å². The minimum Gasteiger partial charge on any atom is -0.371 e. The SMILES string of the molecule is CC(C)(C)NC(=O)OS(=O)(=O)CCC1CCCN(c2ccc(C#N)c3ccccc23)C1. The van der Waals surface area contributed by atoms with Crippen LogP contribution in [0.1, 0.15) is 45.6 Å². The van der Waals surface area contributed by atoms with Crippen LogP contribution in [0.15, 0.2) is 36.4 Å². The van der Waals surface area contributed by atoms with Crippen molar-refractivity contribution in [1.29, 1.82) is 5.26 Å². The maximum absolute atomic E-state index is 12.2. The first-order valence-electron chi connectivity index (χ1n) is 10.5. The van der Waals surface area contributed by atoms with Gasteiger partial charge in [0, 0.05) is 35.1 Å². The first-order valence-corrected chi connectivity index (χ1v) is 12.1. The van der Waals surface area contributed by atoms with E-state index in [9.17, 15) is 18.5 Å². The second-order valence-electron chi connectivity index (χ2n) is 9.04. The van der Waals surface area contributed by atoms with E-state index in [-0.39, 0.29) is 11.7 Å². The highest BCUT2D eigenvalue weighted by Gasteiger charge is 2.26. The van der Waals surface area contributed by atoms with E-state index in [1.165, 1.54) is 0 Å². The highest BCUT2D eigenvalue weighted by Crippen LogP contribution is 2.33. The number of hydrogen-bond acceptors (Lipinski definition) is 6. The van der Waals surface area contributed by atoms with Crippen LogP contribution in [0.25, 0.3) is 10.8 Å². The number of nitrogens with one attached hydrogen (secondary N) is 1. The summed E-state index contributed by atoms with van der Waals surface area (Å²) in [5, 5.41) is 13.8. The zero-order valence-corrected chi connectivity index (χ0v) is 19.0. The van der Waals surface area contributed by atoms with Crippen LogP contribution in [0.3, 0.4) is 0 Å². The molecule has 2 aromatic carbocycles. The van der Waals surface area contributed by atoms with Gasteiger partial charge >= 0.3 is 16.2 Å². The lowest BCUT2D eigenvalue weighted by Gasteiger charge is -2.35. The third-order valence-corrected chi connectivity index (χ3v) is 6.48. The minimum atomic E-state index is -3.94. The van der Waals surface area contributed by atoms with Crippen LogP contribution < -0.4 is 10.2 Å². The van der Waals surface area contributed by atoms with Gasteiger partial charge in [0.25, 0.3) is 0 Å². The molecular weight excluding hydrogens is 414 g/mol. The second-order valence-corrected chi connectivity index (χ2v) is 10.7. The van der Waals surface area contributed by atoms with E-state index < -0.39 is 21.8 Å². The second kappa shape index (κ2) is 9.15. The first kappa shape index (κ1) is 22.9. The number of benzene rings is 2. The van der Waals surface area contributed by atoms with Crippen molar-refractivity contribution < 1.29 is 17.4 Å². The Kier molecular flexibility index (Phi) is 6.75. The zero-order valence-electron chi connectivity index (χ0n) is 18.2. The Bertz CT molecular complexity index is 1100. The van der Waals surface area contributed by atoms with Crippen LogP contribution in [0.4, 0.5) is 10.5 Å². The van der Waals surface area contributed by atoms with E-state index in [0.717, 1.165) is 42.4 Å². The summed E-state index contributed by atoms with van der Waals surface area (Å²) in [5.41, 5.74) is 1.13. The molecule has 1 heterocycles. The first-order chi connectivity index (χ1) is 14.6. The third kappa shape index (κ3) is 6.11. The van der Waals surface area contributed by atoms with Crippen molar-refractivity contribution in [2.45, 2.75) is 45.6 Å². The predicted octanol–water partition coefficient (Wildman–Crippen LogP) is 4.17. The molecule has 3 rings (SSSR count). The van der Waals surface area contributed by atoms with E-state index in [1.54, 1.807) is 20.8 Å². The molecule has 0 bridgehead atoms. The molecule has 1 amide bonds. The van der Waals surface area contributed by atoms with Crippen molar-refractivity contribution >= 4 is 32.7 Å². The number of amides is 1. The van der Waals surface area contributed by atoms with Crippen molar-refractivity contribution in [2.24, 2.45) is 5.92 Å². The molecule has 7 nitrogen and oxygen atoms in total. The number of hydrogen-bond donors (Lipinski definition) is 1. The number of rotatable bonds is 5. The fourth-order valence-electron chi connectivity index (χ4n) is 3.97. The summed E-state index contributed by atoms with van der Waals surface area (Å²) in [6.07, 6.45) is 1.36. The molecule has 2 aromatic rings. The van der Waals surface area contributed by atoms with Crippen molar-refractivity contribution in [3.8, 4) is 6.07 Å². The van der Waals surface area contributed by atoms with Crippen LogP contribution in [0.5, 0.6) is 0 Å². The zero-order chi connectivity index (χ0) is 22.6. The smallest absolute Gasteiger partial charge is 0.371 e. The molecule has 0 aromatic heterocycles. The van der Waals surface area contributed by atoms with Crippen molar-refractivity contribution in [3.05, 3.63) is 42.0 Å². The van der Waals surface area contributed by atoms with Crippen molar-refractivity contribution in [2.75, 3.05) is 23.7 Å². The average Bonchev–Trinajstić information content (AvgIpc) is 2.70. The molecule has 0 radical (unpaired) electrons. The molecule has 8 heteroatoms.